The van der Waals surface area contributed by atoms with Crippen LogP contribution in [0.2, 0.25) is 0 Å². The average molecular weight is 544 g/mol. The van der Waals surface area contributed by atoms with Crippen molar-refractivity contribution in [2.75, 3.05) is 18.6 Å². The van der Waals surface area contributed by atoms with E-state index in [2.05, 4.69) is 13.1 Å². The van der Waals surface area contributed by atoms with Crippen molar-refractivity contribution in [2.24, 2.45) is 0 Å². The van der Waals surface area contributed by atoms with Gasteiger partial charge in [-0.25, -0.2) is 18.5 Å². The number of phosphoric acid groups is 3. The minimum atomic E-state index is -5.76. The van der Waals surface area contributed by atoms with Crippen molar-refractivity contribution in [3.05, 3.63) is 33.1 Å². The third-order valence-corrected chi connectivity index (χ3v) is 8.43. The third-order valence-electron chi connectivity index (χ3n) is 3.92. The number of aliphatic hydroxyl groups excluding tert-OH is 2. The molecule has 7 N–H and O–H groups in total. The Balaban J connectivity index is 2.22. The SMILES string of the molecule is CSC[C@@]1(n2ccc(=O)[nH]c2=O)O[C@H](COP(=O)(O)OP(=O)(O)OP(=O)(O)O)[C@@H](O)[C@H]1O. The van der Waals surface area contributed by atoms with Crippen molar-refractivity contribution >= 4 is 35.2 Å². The van der Waals surface area contributed by atoms with E-state index in [4.69, 9.17) is 19.4 Å². The Kier molecular flexibility index (Phi) is 8.52. The first-order valence-electron chi connectivity index (χ1n) is 8.16. The van der Waals surface area contributed by atoms with Gasteiger partial charge in [0.05, 0.1) is 6.61 Å². The van der Waals surface area contributed by atoms with Crippen molar-refractivity contribution in [3.63, 3.8) is 0 Å². The van der Waals surface area contributed by atoms with Gasteiger partial charge in [0, 0.05) is 18.0 Å². The summed E-state index contributed by atoms with van der Waals surface area (Å²) in [6.45, 7) is -1.06. The molecule has 21 heteroatoms. The number of phosphoric ester groups is 1. The van der Waals surface area contributed by atoms with Crippen LogP contribution >= 0.6 is 35.2 Å². The molecule has 0 amide bonds. The zero-order chi connectivity index (χ0) is 24.5. The molecule has 0 saturated carbocycles. The highest BCUT2D eigenvalue weighted by atomic mass is 32.2. The maximum atomic E-state index is 12.2. The van der Waals surface area contributed by atoms with Gasteiger partial charge in [-0.05, 0) is 6.26 Å². The van der Waals surface area contributed by atoms with Gasteiger partial charge in [0.15, 0.2) is 5.72 Å². The van der Waals surface area contributed by atoms with Gasteiger partial charge in [0.25, 0.3) is 5.56 Å². The molecule has 0 spiro atoms. The number of H-pyrrole nitrogens is 1. The first-order valence-corrected chi connectivity index (χ1v) is 14.1. The largest absolute Gasteiger partial charge is 0.490 e. The van der Waals surface area contributed by atoms with Crippen LogP contribution in [-0.2, 0) is 37.3 Å². The van der Waals surface area contributed by atoms with E-state index < -0.39 is 65.4 Å². The van der Waals surface area contributed by atoms with Gasteiger partial charge in [0.2, 0.25) is 0 Å². The van der Waals surface area contributed by atoms with Crippen molar-refractivity contribution in [1.29, 1.82) is 0 Å². The summed E-state index contributed by atoms with van der Waals surface area (Å²) in [5.74, 6) is -0.150. The second-order valence-electron chi connectivity index (χ2n) is 6.24. The van der Waals surface area contributed by atoms with Crippen LogP contribution in [0.15, 0.2) is 21.9 Å². The fourth-order valence-corrected chi connectivity index (χ4v) is 6.61. The predicted molar refractivity (Wildman–Crippen MR) is 104 cm³/mol. The fourth-order valence-electron chi connectivity index (χ4n) is 2.79. The molecule has 0 radical (unpaired) electrons. The molecular formula is C11H19N2O15P3S. The number of aromatic nitrogens is 2. The summed E-state index contributed by atoms with van der Waals surface area (Å²) in [4.78, 5) is 61.2. The zero-order valence-electron chi connectivity index (χ0n) is 15.9. The molecule has 17 nitrogen and oxygen atoms in total. The second-order valence-corrected chi connectivity index (χ2v) is 11.5. The number of thioether (sulfide) groups is 1. The molecule has 2 rings (SSSR count). The van der Waals surface area contributed by atoms with Gasteiger partial charge < -0.3 is 34.5 Å². The topological polar surface area (TPSA) is 264 Å². The van der Waals surface area contributed by atoms with Crippen LogP contribution in [0, 0.1) is 0 Å². The standard InChI is InChI=1S/C11H19N2O15P3S/c1-32-5-11(13-3-2-7(14)12-10(13)17)9(16)8(15)6(26-11)4-25-30(21,22)28-31(23,24)27-29(18,19)20/h2-3,6,8-9,15-16H,4-5H2,1H3,(H,21,22)(H,23,24)(H,12,14,17)(H2,18,19,20)/t6-,8-,9-,11-/m1/s1. The van der Waals surface area contributed by atoms with Gasteiger partial charge in [0.1, 0.15) is 18.3 Å². The lowest BCUT2D eigenvalue weighted by Crippen LogP contribution is -2.53. The molecule has 2 unspecified atom stereocenters. The van der Waals surface area contributed by atoms with E-state index in [-0.39, 0.29) is 5.75 Å². The fraction of sp³-hybridized carbons (Fsp3) is 0.636. The van der Waals surface area contributed by atoms with Gasteiger partial charge in [-0.1, -0.05) is 0 Å². The second kappa shape index (κ2) is 9.90. The number of nitrogens with one attached hydrogen (secondary N) is 1. The molecule has 2 heterocycles. The molecule has 32 heavy (non-hydrogen) atoms. The van der Waals surface area contributed by atoms with Gasteiger partial charge in [-0.15, -0.1) is 0 Å². The van der Waals surface area contributed by atoms with E-state index in [1.807, 2.05) is 4.98 Å². The number of aliphatic hydroxyl groups is 2. The highest BCUT2D eigenvalue weighted by molar-refractivity contribution is 7.98. The Morgan fingerprint density at radius 1 is 1.16 bits per heavy atom. The van der Waals surface area contributed by atoms with Gasteiger partial charge >= 0.3 is 29.2 Å². The predicted octanol–water partition coefficient (Wildman–Crippen LogP) is -1.98. The van der Waals surface area contributed by atoms with Gasteiger partial charge in [-0.3, -0.25) is 18.9 Å². The number of nitrogens with zero attached hydrogens (tertiary/aromatic N) is 1. The number of aromatic amines is 1. The Labute approximate surface area is 182 Å². The van der Waals surface area contributed by atoms with Crippen LogP contribution in [-0.4, -0.2) is 76.3 Å². The van der Waals surface area contributed by atoms with Crippen LogP contribution in [0.1, 0.15) is 0 Å². The molecule has 1 aromatic heterocycles. The molecular weight excluding hydrogens is 525 g/mol. The molecule has 1 aliphatic heterocycles. The summed E-state index contributed by atoms with van der Waals surface area (Å²) in [6, 6.07) is 0.950. The number of hydrogen-bond donors (Lipinski definition) is 7. The maximum absolute atomic E-state index is 12.2. The normalized spacial score (nSPS) is 30.0. The van der Waals surface area contributed by atoms with Crippen molar-refractivity contribution < 1.29 is 61.4 Å². The van der Waals surface area contributed by atoms with Crippen LogP contribution in [0.4, 0.5) is 0 Å². The number of ether oxygens (including phenoxy) is 1. The van der Waals surface area contributed by atoms with Gasteiger partial charge in [-0.2, -0.15) is 20.4 Å². The van der Waals surface area contributed by atoms with E-state index in [1.165, 1.54) is 0 Å². The summed E-state index contributed by atoms with van der Waals surface area (Å²) in [7, 11) is -16.9. The van der Waals surface area contributed by atoms with Crippen LogP contribution in [0.25, 0.3) is 0 Å². The molecule has 1 fully saturated rings. The first kappa shape index (κ1) is 27.6. The Bertz CT molecular complexity index is 1080. The maximum Gasteiger partial charge on any atom is 0.490 e. The highest BCUT2D eigenvalue weighted by Gasteiger charge is 2.56. The minimum absolute atomic E-state index is 0.150. The van der Waals surface area contributed by atoms with E-state index in [0.29, 0.717) is 0 Å². The average Bonchev–Trinajstić information content (AvgIpc) is 2.83. The summed E-state index contributed by atoms with van der Waals surface area (Å²) < 4.78 is 51.7. The van der Waals surface area contributed by atoms with Crippen LogP contribution < -0.4 is 11.2 Å². The van der Waals surface area contributed by atoms with Crippen molar-refractivity contribution in [2.45, 2.75) is 24.0 Å². The summed E-state index contributed by atoms with van der Waals surface area (Å²) in [5, 5.41) is 20.9. The summed E-state index contributed by atoms with van der Waals surface area (Å²) in [6.07, 6.45) is -2.68. The van der Waals surface area contributed by atoms with E-state index >= 15 is 0 Å². The van der Waals surface area contributed by atoms with E-state index in [1.54, 1.807) is 6.26 Å². The quantitative estimate of drug-likeness (QED) is 0.157. The molecule has 1 aromatic rings. The van der Waals surface area contributed by atoms with Crippen LogP contribution in [0.3, 0.4) is 0 Å². The Hall–Kier alpha value is -0.680. The Morgan fingerprint density at radius 2 is 1.78 bits per heavy atom. The lowest BCUT2D eigenvalue weighted by Gasteiger charge is -2.33. The molecule has 184 valence electrons. The Morgan fingerprint density at radius 3 is 2.31 bits per heavy atom. The van der Waals surface area contributed by atoms with Crippen LogP contribution in [0.5, 0.6) is 0 Å². The first-order chi connectivity index (χ1) is 14.5. The molecule has 1 saturated heterocycles. The van der Waals surface area contributed by atoms with Crippen molar-refractivity contribution in [3.8, 4) is 0 Å². The molecule has 0 aliphatic carbocycles. The van der Waals surface area contributed by atoms with Crippen molar-refractivity contribution in [1.82, 2.24) is 9.55 Å². The summed E-state index contributed by atoms with van der Waals surface area (Å²) >= 11 is 1.07. The zero-order valence-corrected chi connectivity index (χ0v) is 19.4. The van der Waals surface area contributed by atoms with E-state index in [9.17, 15) is 38.4 Å². The highest BCUT2D eigenvalue weighted by Crippen LogP contribution is 2.66. The number of rotatable bonds is 10. The lowest BCUT2D eigenvalue weighted by atomic mass is 10.0. The molecule has 0 aromatic carbocycles. The molecule has 1 aliphatic rings. The molecule has 0 bridgehead atoms. The third kappa shape index (κ3) is 6.68. The smallest absolute Gasteiger partial charge is 0.387 e. The summed E-state index contributed by atoms with van der Waals surface area (Å²) in [5.41, 5.74) is -3.70. The van der Waals surface area contributed by atoms with E-state index in [0.717, 1.165) is 28.6 Å². The number of hydrogen-bond acceptors (Lipinski definition) is 12. The minimum Gasteiger partial charge on any atom is -0.387 e. The monoisotopic (exact) mass is 544 g/mol. The molecule has 6 atom stereocenters. The lowest BCUT2D eigenvalue weighted by molar-refractivity contribution is -0.132.